The van der Waals surface area contributed by atoms with Crippen molar-refractivity contribution in [2.75, 3.05) is 13.7 Å². The van der Waals surface area contributed by atoms with E-state index in [0.717, 1.165) is 0 Å². The molecule has 0 spiro atoms. The van der Waals surface area contributed by atoms with Gasteiger partial charge in [-0.1, -0.05) is 0 Å². The van der Waals surface area contributed by atoms with Gasteiger partial charge in [0, 0.05) is 24.0 Å². The van der Waals surface area contributed by atoms with Crippen LogP contribution < -0.4 is 15.8 Å². The Balaban J connectivity index is 2.60. The van der Waals surface area contributed by atoms with Gasteiger partial charge in [-0.25, -0.2) is 0 Å². The Bertz CT molecular complexity index is 312. The van der Waals surface area contributed by atoms with Crippen LogP contribution in [0.1, 0.15) is 16.6 Å². The predicted octanol–water partition coefficient (Wildman–Crippen LogP) is 0.834. The summed E-state index contributed by atoms with van der Waals surface area (Å²) >= 11 is 1.36. The van der Waals surface area contributed by atoms with E-state index in [1.54, 1.807) is 18.6 Å². The number of rotatable bonds is 4. The molecular weight excluding hydrogens is 200 g/mol. The number of carbonyl (C=O) groups excluding carboxylic acids is 1. The highest BCUT2D eigenvalue weighted by molar-refractivity contribution is 7.12. The number of nitrogens with one attached hydrogen (secondary N) is 1. The van der Waals surface area contributed by atoms with Crippen LogP contribution in [-0.4, -0.2) is 25.6 Å². The molecule has 0 aliphatic rings. The van der Waals surface area contributed by atoms with E-state index in [0.29, 0.717) is 17.2 Å². The van der Waals surface area contributed by atoms with Crippen molar-refractivity contribution in [3.63, 3.8) is 0 Å². The molecule has 0 aliphatic carbocycles. The molecule has 0 bridgehead atoms. The number of ether oxygens (including phenoxy) is 1. The van der Waals surface area contributed by atoms with E-state index < -0.39 is 0 Å². The van der Waals surface area contributed by atoms with Crippen LogP contribution in [0.5, 0.6) is 5.75 Å². The van der Waals surface area contributed by atoms with Crippen LogP contribution in [0.25, 0.3) is 0 Å². The van der Waals surface area contributed by atoms with E-state index in [2.05, 4.69) is 5.32 Å². The molecule has 14 heavy (non-hydrogen) atoms. The number of nitrogens with two attached hydrogens (primary N) is 1. The SMILES string of the molecule is COc1csc(C(=O)NC(C)CN)c1. The zero-order chi connectivity index (χ0) is 10.6. The summed E-state index contributed by atoms with van der Waals surface area (Å²) in [7, 11) is 1.58. The largest absolute Gasteiger partial charge is 0.496 e. The third kappa shape index (κ3) is 2.71. The molecule has 0 aromatic carbocycles. The van der Waals surface area contributed by atoms with E-state index in [1.165, 1.54) is 11.3 Å². The predicted molar refractivity (Wildman–Crippen MR) is 56.9 cm³/mol. The maximum absolute atomic E-state index is 11.5. The van der Waals surface area contributed by atoms with Gasteiger partial charge in [0.25, 0.3) is 5.91 Å². The molecule has 1 aromatic rings. The molecule has 0 saturated carbocycles. The van der Waals surface area contributed by atoms with Crippen molar-refractivity contribution in [2.24, 2.45) is 5.73 Å². The zero-order valence-electron chi connectivity index (χ0n) is 8.24. The maximum atomic E-state index is 11.5. The van der Waals surface area contributed by atoms with Crippen LogP contribution in [0.2, 0.25) is 0 Å². The van der Waals surface area contributed by atoms with Gasteiger partial charge >= 0.3 is 0 Å². The number of thiophene rings is 1. The molecule has 78 valence electrons. The summed E-state index contributed by atoms with van der Waals surface area (Å²) in [5, 5.41) is 4.57. The molecule has 1 heterocycles. The molecule has 0 fully saturated rings. The fraction of sp³-hybridized carbons (Fsp3) is 0.444. The minimum absolute atomic E-state index is 0.00408. The van der Waals surface area contributed by atoms with Gasteiger partial charge in [0.1, 0.15) is 5.75 Å². The third-order valence-corrected chi connectivity index (χ3v) is 2.67. The molecule has 0 saturated heterocycles. The first-order valence-electron chi connectivity index (χ1n) is 4.30. The molecule has 1 atom stereocenters. The van der Waals surface area contributed by atoms with Gasteiger partial charge in [-0.3, -0.25) is 4.79 Å². The summed E-state index contributed by atoms with van der Waals surface area (Å²) in [4.78, 5) is 12.2. The molecular formula is C9H14N2O2S. The van der Waals surface area contributed by atoms with E-state index in [-0.39, 0.29) is 11.9 Å². The Hall–Kier alpha value is -1.07. The first-order chi connectivity index (χ1) is 6.67. The number of hydrogen-bond acceptors (Lipinski definition) is 4. The lowest BCUT2D eigenvalue weighted by Gasteiger charge is -2.09. The average Bonchev–Trinajstić information content (AvgIpc) is 2.65. The maximum Gasteiger partial charge on any atom is 0.261 e. The molecule has 4 nitrogen and oxygen atoms in total. The lowest BCUT2D eigenvalue weighted by Crippen LogP contribution is -2.37. The summed E-state index contributed by atoms with van der Waals surface area (Å²) in [6.07, 6.45) is 0. The summed E-state index contributed by atoms with van der Waals surface area (Å²) < 4.78 is 4.98. The van der Waals surface area contributed by atoms with Crippen LogP contribution in [0.15, 0.2) is 11.4 Å². The van der Waals surface area contributed by atoms with Gasteiger partial charge in [-0.2, -0.15) is 0 Å². The van der Waals surface area contributed by atoms with Crippen molar-refractivity contribution in [3.05, 3.63) is 16.3 Å². The van der Waals surface area contributed by atoms with E-state index in [9.17, 15) is 4.79 Å². The first kappa shape index (κ1) is 11.0. The second-order valence-electron chi connectivity index (χ2n) is 2.96. The smallest absolute Gasteiger partial charge is 0.261 e. The second-order valence-corrected chi connectivity index (χ2v) is 3.87. The Kier molecular flexibility index (Phi) is 3.91. The van der Waals surface area contributed by atoms with Crippen molar-refractivity contribution in [2.45, 2.75) is 13.0 Å². The molecule has 0 aliphatic heterocycles. The monoisotopic (exact) mass is 214 g/mol. The van der Waals surface area contributed by atoms with E-state index >= 15 is 0 Å². The first-order valence-corrected chi connectivity index (χ1v) is 5.18. The van der Waals surface area contributed by atoms with Crippen LogP contribution >= 0.6 is 11.3 Å². The highest BCUT2D eigenvalue weighted by atomic mass is 32.1. The Morgan fingerprint density at radius 3 is 3.00 bits per heavy atom. The van der Waals surface area contributed by atoms with Gasteiger partial charge in [0.05, 0.1) is 12.0 Å². The molecule has 3 N–H and O–H groups in total. The number of methoxy groups -OCH3 is 1. The highest BCUT2D eigenvalue weighted by Gasteiger charge is 2.11. The fourth-order valence-corrected chi connectivity index (χ4v) is 1.66. The van der Waals surface area contributed by atoms with Gasteiger partial charge in [-0.05, 0) is 6.92 Å². The number of carbonyl (C=O) groups is 1. The van der Waals surface area contributed by atoms with Crippen LogP contribution in [-0.2, 0) is 0 Å². The van der Waals surface area contributed by atoms with Gasteiger partial charge in [0.2, 0.25) is 0 Å². The Morgan fingerprint density at radius 1 is 1.79 bits per heavy atom. The quantitative estimate of drug-likeness (QED) is 0.780. The normalized spacial score (nSPS) is 12.2. The molecule has 0 radical (unpaired) electrons. The van der Waals surface area contributed by atoms with Crippen LogP contribution in [0.3, 0.4) is 0 Å². The van der Waals surface area contributed by atoms with Crippen LogP contribution in [0.4, 0.5) is 0 Å². The third-order valence-electron chi connectivity index (χ3n) is 1.77. The van der Waals surface area contributed by atoms with Crippen molar-refractivity contribution < 1.29 is 9.53 Å². The fourth-order valence-electron chi connectivity index (χ4n) is 0.899. The van der Waals surface area contributed by atoms with E-state index in [1.807, 2.05) is 6.92 Å². The molecule has 5 heteroatoms. The van der Waals surface area contributed by atoms with Gasteiger partial charge in [0.15, 0.2) is 0 Å². The van der Waals surface area contributed by atoms with Crippen molar-refractivity contribution in [1.82, 2.24) is 5.32 Å². The summed E-state index contributed by atoms with van der Waals surface area (Å²) in [6, 6.07) is 1.71. The highest BCUT2D eigenvalue weighted by Crippen LogP contribution is 2.20. The summed E-state index contributed by atoms with van der Waals surface area (Å²) in [5.74, 6) is 0.608. The summed E-state index contributed by atoms with van der Waals surface area (Å²) in [6.45, 7) is 2.30. The molecule has 1 aromatic heterocycles. The van der Waals surface area contributed by atoms with Gasteiger partial charge < -0.3 is 15.8 Å². The van der Waals surface area contributed by atoms with Crippen molar-refractivity contribution in [3.8, 4) is 5.75 Å². The van der Waals surface area contributed by atoms with Crippen molar-refractivity contribution >= 4 is 17.2 Å². The standard InChI is InChI=1S/C9H14N2O2S/c1-6(4-10)11-9(12)8-3-7(13-2)5-14-8/h3,5-6H,4,10H2,1-2H3,(H,11,12). The second kappa shape index (κ2) is 4.97. The summed E-state index contributed by atoms with van der Waals surface area (Å²) in [5.41, 5.74) is 5.39. The van der Waals surface area contributed by atoms with Crippen LogP contribution in [0, 0.1) is 0 Å². The molecule has 1 unspecified atom stereocenters. The lowest BCUT2D eigenvalue weighted by molar-refractivity contribution is 0.0945. The van der Waals surface area contributed by atoms with E-state index in [4.69, 9.17) is 10.5 Å². The Morgan fingerprint density at radius 2 is 2.50 bits per heavy atom. The minimum atomic E-state index is -0.101. The van der Waals surface area contributed by atoms with Gasteiger partial charge in [-0.15, -0.1) is 11.3 Å². The molecule has 1 amide bonds. The average molecular weight is 214 g/mol. The van der Waals surface area contributed by atoms with Crippen molar-refractivity contribution in [1.29, 1.82) is 0 Å². The lowest BCUT2D eigenvalue weighted by atomic mass is 10.3. The zero-order valence-corrected chi connectivity index (χ0v) is 9.06. The Labute approximate surface area is 87.1 Å². The number of hydrogen-bond donors (Lipinski definition) is 2. The molecule has 1 rings (SSSR count). The minimum Gasteiger partial charge on any atom is -0.496 e. The number of amides is 1. The topological polar surface area (TPSA) is 64.3 Å².